The first-order valence-corrected chi connectivity index (χ1v) is 9.06. The van der Waals surface area contributed by atoms with Gasteiger partial charge in [-0.05, 0) is 30.9 Å². The van der Waals surface area contributed by atoms with Crippen LogP contribution in [-0.4, -0.2) is 20.2 Å². The summed E-state index contributed by atoms with van der Waals surface area (Å²) in [6.45, 7) is 3.92. The lowest BCUT2D eigenvalue weighted by molar-refractivity contribution is 0.0988. The third kappa shape index (κ3) is 4.14. The molecule has 2 unspecified atom stereocenters. The summed E-state index contributed by atoms with van der Waals surface area (Å²) < 4.78 is 27.7. The predicted octanol–water partition coefficient (Wildman–Crippen LogP) is 3.14. The third-order valence-electron chi connectivity index (χ3n) is 4.05. The number of hydrogen-bond acceptors (Lipinski definition) is 3. The second-order valence-corrected chi connectivity index (χ2v) is 7.61. The van der Waals surface area contributed by atoms with Crippen molar-refractivity contribution in [2.75, 3.05) is 0 Å². The van der Waals surface area contributed by atoms with Crippen molar-refractivity contribution in [3.8, 4) is 0 Å². The van der Waals surface area contributed by atoms with Crippen molar-refractivity contribution in [1.82, 2.24) is 4.72 Å². The summed E-state index contributed by atoms with van der Waals surface area (Å²) in [5.41, 5.74) is 0.456. The number of Topliss-reactive ketones (excluding diaryl/α,β-unsaturated/α-hetero) is 1. The van der Waals surface area contributed by atoms with Gasteiger partial charge in [-0.25, -0.2) is 13.1 Å². The molecule has 4 nitrogen and oxygen atoms in total. The molecule has 1 aliphatic carbocycles. The van der Waals surface area contributed by atoms with Crippen LogP contribution in [0.15, 0.2) is 29.2 Å². The van der Waals surface area contributed by atoms with E-state index in [1.807, 2.05) is 0 Å². The Morgan fingerprint density at radius 3 is 2.76 bits per heavy atom. The maximum atomic E-state index is 12.4. The van der Waals surface area contributed by atoms with E-state index in [1.165, 1.54) is 12.5 Å². The third-order valence-corrected chi connectivity index (χ3v) is 5.56. The molecule has 0 heterocycles. The summed E-state index contributed by atoms with van der Waals surface area (Å²) in [6, 6.07) is 6.31. The summed E-state index contributed by atoms with van der Waals surface area (Å²) in [7, 11) is -3.55. The lowest BCUT2D eigenvalue weighted by atomic mass is 9.88. The number of benzene rings is 1. The predicted molar refractivity (Wildman–Crippen MR) is 82.8 cm³/mol. The highest BCUT2D eigenvalue weighted by molar-refractivity contribution is 7.89. The quantitative estimate of drug-likeness (QED) is 0.850. The van der Waals surface area contributed by atoms with Gasteiger partial charge in [0.1, 0.15) is 0 Å². The summed E-state index contributed by atoms with van der Waals surface area (Å²) >= 11 is 0. The first kappa shape index (κ1) is 16.2. The average molecular weight is 309 g/mol. The molecular formula is C16H23NO3S. The minimum Gasteiger partial charge on any atom is -0.294 e. The number of sulfonamides is 1. The molecule has 2 atom stereocenters. The molecule has 1 aliphatic rings. The largest absolute Gasteiger partial charge is 0.294 e. The molecule has 1 fully saturated rings. The van der Waals surface area contributed by atoms with Gasteiger partial charge in [0, 0.05) is 18.0 Å². The Bertz CT molecular complexity index is 610. The molecule has 0 radical (unpaired) electrons. The summed E-state index contributed by atoms with van der Waals surface area (Å²) in [5.74, 6) is 0.512. The first-order valence-electron chi connectivity index (χ1n) is 7.58. The minimum atomic E-state index is -3.55. The van der Waals surface area contributed by atoms with E-state index in [2.05, 4.69) is 11.6 Å². The van der Waals surface area contributed by atoms with Crippen molar-refractivity contribution in [2.24, 2.45) is 5.92 Å². The normalized spacial score (nSPS) is 23.0. The van der Waals surface area contributed by atoms with Crippen LogP contribution in [0.4, 0.5) is 0 Å². The van der Waals surface area contributed by atoms with E-state index in [1.54, 1.807) is 25.1 Å². The Morgan fingerprint density at radius 2 is 2.10 bits per heavy atom. The molecule has 0 amide bonds. The van der Waals surface area contributed by atoms with Gasteiger partial charge in [0.15, 0.2) is 5.78 Å². The molecule has 1 N–H and O–H groups in total. The van der Waals surface area contributed by atoms with E-state index in [4.69, 9.17) is 0 Å². The van der Waals surface area contributed by atoms with Crippen molar-refractivity contribution in [2.45, 2.75) is 56.9 Å². The molecule has 0 aromatic heterocycles. The van der Waals surface area contributed by atoms with Gasteiger partial charge in [-0.2, -0.15) is 0 Å². The fraction of sp³-hybridized carbons (Fsp3) is 0.562. The Morgan fingerprint density at radius 1 is 1.33 bits per heavy atom. The van der Waals surface area contributed by atoms with E-state index < -0.39 is 10.0 Å². The van der Waals surface area contributed by atoms with Gasteiger partial charge in [-0.3, -0.25) is 4.79 Å². The Labute approximate surface area is 127 Å². The van der Waals surface area contributed by atoms with Gasteiger partial charge >= 0.3 is 0 Å². The van der Waals surface area contributed by atoms with E-state index in [-0.39, 0.29) is 16.7 Å². The van der Waals surface area contributed by atoms with Gasteiger partial charge in [-0.15, -0.1) is 0 Å². The van der Waals surface area contributed by atoms with Crippen LogP contribution >= 0.6 is 0 Å². The highest BCUT2D eigenvalue weighted by Crippen LogP contribution is 2.25. The molecule has 0 saturated heterocycles. The fourth-order valence-corrected chi connectivity index (χ4v) is 4.20. The molecule has 1 aromatic carbocycles. The Hall–Kier alpha value is -1.20. The number of nitrogens with one attached hydrogen (secondary N) is 1. The van der Waals surface area contributed by atoms with Crippen molar-refractivity contribution >= 4 is 15.8 Å². The summed E-state index contributed by atoms with van der Waals surface area (Å²) in [4.78, 5) is 11.9. The van der Waals surface area contributed by atoms with E-state index >= 15 is 0 Å². The zero-order chi connectivity index (χ0) is 15.5. The number of ketones is 1. The molecule has 0 spiro atoms. The number of hydrogen-bond donors (Lipinski definition) is 1. The van der Waals surface area contributed by atoms with E-state index in [0.717, 1.165) is 19.3 Å². The zero-order valence-corrected chi connectivity index (χ0v) is 13.4. The van der Waals surface area contributed by atoms with Gasteiger partial charge < -0.3 is 0 Å². The molecule has 21 heavy (non-hydrogen) atoms. The van der Waals surface area contributed by atoms with Gasteiger partial charge in [0.05, 0.1) is 4.90 Å². The van der Waals surface area contributed by atoms with Crippen LogP contribution < -0.4 is 4.72 Å². The van der Waals surface area contributed by atoms with Crippen LogP contribution in [0.1, 0.15) is 56.3 Å². The molecule has 1 aromatic rings. The Kier molecular flexibility index (Phi) is 5.17. The second-order valence-electron chi connectivity index (χ2n) is 5.89. The highest BCUT2D eigenvalue weighted by Gasteiger charge is 2.25. The molecule has 0 bridgehead atoms. The van der Waals surface area contributed by atoms with E-state index in [9.17, 15) is 13.2 Å². The smallest absolute Gasteiger partial charge is 0.240 e. The molecule has 1 saturated carbocycles. The van der Waals surface area contributed by atoms with Crippen molar-refractivity contribution in [3.05, 3.63) is 29.8 Å². The SMILES string of the molecule is CCC(=O)c1cccc(S(=O)(=O)NC2CCCC(C)C2)c1. The van der Waals surface area contributed by atoms with E-state index in [0.29, 0.717) is 17.9 Å². The van der Waals surface area contributed by atoms with Gasteiger partial charge in [0.25, 0.3) is 0 Å². The fourth-order valence-electron chi connectivity index (χ4n) is 2.87. The average Bonchev–Trinajstić information content (AvgIpc) is 2.46. The minimum absolute atomic E-state index is 0.00397. The van der Waals surface area contributed by atoms with Crippen LogP contribution in [0, 0.1) is 5.92 Å². The molecule has 0 aliphatic heterocycles. The number of carbonyl (C=O) groups excluding carboxylic acids is 1. The van der Waals surface area contributed by atoms with Crippen LogP contribution in [0.3, 0.4) is 0 Å². The number of carbonyl (C=O) groups is 1. The lowest BCUT2D eigenvalue weighted by Crippen LogP contribution is -2.37. The van der Waals surface area contributed by atoms with Gasteiger partial charge in [-0.1, -0.05) is 38.8 Å². The van der Waals surface area contributed by atoms with Crippen LogP contribution in [-0.2, 0) is 10.0 Å². The van der Waals surface area contributed by atoms with Crippen LogP contribution in [0.25, 0.3) is 0 Å². The maximum Gasteiger partial charge on any atom is 0.240 e. The highest BCUT2D eigenvalue weighted by atomic mass is 32.2. The monoisotopic (exact) mass is 309 g/mol. The topological polar surface area (TPSA) is 63.2 Å². The second kappa shape index (κ2) is 6.71. The van der Waals surface area contributed by atoms with Crippen LogP contribution in [0.2, 0.25) is 0 Å². The van der Waals surface area contributed by atoms with Crippen molar-refractivity contribution in [3.63, 3.8) is 0 Å². The zero-order valence-electron chi connectivity index (χ0n) is 12.6. The molecule has 2 rings (SSSR count). The number of rotatable bonds is 5. The summed E-state index contributed by atoms with van der Waals surface area (Å²) in [5, 5.41) is 0. The lowest BCUT2D eigenvalue weighted by Gasteiger charge is -2.27. The van der Waals surface area contributed by atoms with Crippen LogP contribution in [0.5, 0.6) is 0 Å². The Balaban J connectivity index is 2.17. The van der Waals surface area contributed by atoms with Crippen molar-refractivity contribution in [1.29, 1.82) is 0 Å². The molecule has 5 heteroatoms. The summed E-state index contributed by atoms with van der Waals surface area (Å²) in [6.07, 6.45) is 4.36. The van der Waals surface area contributed by atoms with Crippen molar-refractivity contribution < 1.29 is 13.2 Å². The first-order chi connectivity index (χ1) is 9.92. The standard InChI is InChI=1S/C16H23NO3S/c1-3-16(18)13-7-5-9-15(11-13)21(19,20)17-14-8-4-6-12(2)10-14/h5,7,9,11-12,14,17H,3-4,6,8,10H2,1-2H3. The maximum absolute atomic E-state index is 12.4. The molecular weight excluding hydrogens is 286 g/mol. The molecule has 116 valence electrons. The van der Waals surface area contributed by atoms with Gasteiger partial charge in [0.2, 0.25) is 10.0 Å².